The predicted molar refractivity (Wildman–Crippen MR) is 119 cm³/mol. The van der Waals surface area contributed by atoms with Crippen molar-refractivity contribution >= 4 is 17.7 Å². The number of ether oxygens (including phenoxy) is 2. The van der Waals surface area contributed by atoms with Crippen LogP contribution in [0.15, 0.2) is 54.6 Å². The molecule has 1 aromatic carbocycles. The number of benzene rings is 1. The topological polar surface area (TPSA) is 117 Å². The molecule has 1 unspecified atom stereocenters. The third kappa shape index (κ3) is 5.78. The van der Waals surface area contributed by atoms with Gasteiger partial charge < -0.3 is 19.7 Å². The van der Waals surface area contributed by atoms with E-state index in [-0.39, 0.29) is 48.5 Å². The molecule has 3 N–H and O–H groups in total. The first-order valence-corrected chi connectivity index (χ1v) is 10.5. The molecule has 4 rings (SSSR count). The number of halogens is 3. The molecule has 0 saturated carbocycles. The fourth-order valence-corrected chi connectivity index (χ4v) is 3.28. The Hall–Kier alpha value is -3.90. The lowest BCUT2D eigenvalue weighted by Gasteiger charge is -2.28. The minimum absolute atomic E-state index is 0.127. The summed E-state index contributed by atoms with van der Waals surface area (Å²) in [5, 5.41) is 20.9. The molecule has 1 aliphatic heterocycles. The average Bonchev–Trinajstić information content (AvgIpc) is 2.86. The zero-order valence-electron chi connectivity index (χ0n) is 18.2. The maximum atomic E-state index is 13.1. The minimum atomic E-state index is -4.50. The van der Waals surface area contributed by atoms with Crippen LogP contribution in [0.25, 0.3) is 11.3 Å². The molecule has 9 nitrogen and oxygen atoms in total. The molecule has 1 aliphatic rings. The summed E-state index contributed by atoms with van der Waals surface area (Å²) in [6, 6.07) is 11.9. The Labute approximate surface area is 197 Å². The Morgan fingerprint density at radius 2 is 1.97 bits per heavy atom. The number of hydrogen-bond acceptors (Lipinski definition) is 7. The number of rotatable bonds is 6. The first-order valence-electron chi connectivity index (χ1n) is 10.5. The number of pyridine rings is 2. The highest BCUT2D eigenvalue weighted by molar-refractivity contribution is 6.02. The normalized spacial score (nSPS) is 14.0. The molecule has 0 radical (unpaired) electrons. The van der Waals surface area contributed by atoms with E-state index in [4.69, 9.17) is 14.6 Å². The molecule has 0 aliphatic carbocycles. The molecule has 12 heteroatoms. The molecule has 3 aromatic rings. The lowest BCUT2D eigenvalue weighted by Crippen LogP contribution is -2.41. The number of fused-ring (bicyclic) bond motifs is 1. The summed E-state index contributed by atoms with van der Waals surface area (Å²) in [6.07, 6.45) is -5.57. The number of nitrogens with zero attached hydrogens (tertiary/aromatic N) is 3. The highest BCUT2D eigenvalue weighted by Gasteiger charge is 2.31. The third-order valence-corrected chi connectivity index (χ3v) is 4.99. The van der Waals surface area contributed by atoms with Crippen molar-refractivity contribution in [3.63, 3.8) is 0 Å². The average molecular weight is 490 g/mol. The molecule has 0 saturated heterocycles. The second-order valence-corrected chi connectivity index (χ2v) is 7.54. The first kappa shape index (κ1) is 24.2. The van der Waals surface area contributed by atoms with E-state index in [1.54, 1.807) is 12.1 Å². The number of carbonyl (C=O) groups is 1. The zero-order chi connectivity index (χ0) is 25.0. The van der Waals surface area contributed by atoms with E-state index in [9.17, 15) is 23.1 Å². The lowest BCUT2D eigenvalue weighted by atomic mass is 10.1. The largest absolute Gasteiger partial charge is 0.488 e. The van der Waals surface area contributed by atoms with Crippen LogP contribution in [-0.2, 0) is 6.18 Å². The van der Waals surface area contributed by atoms with Gasteiger partial charge in [-0.1, -0.05) is 18.2 Å². The van der Waals surface area contributed by atoms with Gasteiger partial charge in [0.1, 0.15) is 25.1 Å². The Kier molecular flexibility index (Phi) is 7.03. The van der Waals surface area contributed by atoms with Crippen molar-refractivity contribution in [1.82, 2.24) is 9.97 Å². The van der Waals surface area contributed by atoms with Crippen LogP contribution < -0.4 is 19.7 Å². The van der Waals surface area contributed by atoms with Crippen molar-refractivity contribution < 1.29 is 37.7 Å². The van der Waals surface area contributed by atoms with Gasteiger partial charge in [0.15, 0.2) is 11.6 Å². The van der Waals surface area contributed by atoms with Gasteiger partial charge in [-0.2, -0.15) is 18.2 Å². The van der Waals surface area contributed by atoms with Crippen LogP contribution in [0, 0.1) is 0 Å². The number of alkyl halides is 3. The smallest absolute Gasteiger partial charge is 0.416 e. The summed E-state index contributed by atoms with van der Waals surface area (Å²) in [4.78, 5) is 22.8. The van der Waals surface area contributed by atoms with E-state index in [1.165, 1.54) is 35.2 Å². The molecule has 0 bridgehead atoms. The number of aromatic nitrogens is 2. The molecular formula is C23H21F3N4O5. The van der Waals surface area contributed by atoms with Gasteiger partial charge in [0.25, 0.3) is 0 Å². The van der Waals surface area contributed by atoms with Crippen molar-refractivity contribution in [3.05, 3.63) is 60.2 Å². The molecule has 2 aromatic heterocycles. The van der Waals surface area contributed by atoms with Crippen LogP contribution in [-0.4, -0.2) is 58.7 Å². The lowest BCUT2D eigenvalue weighted by molar-refractivity contribution is -0.137. The monoisotopic (exact) mass is 490 g/mol. The SMILES string of the molecule is O=C(Nc1cccc(OCC(O)CO)n1)N1CCOc2ccc(-c3cccc(C(F)(F)F)c3)nc21. The van der Waals surface area contributed by atoms with Crippen LogP contribution in [0.2, 0.25) is 0 Å². The van der Waals surface area contributed by atoms with Gasteiger partial charge in [-0.05, 0) is 30.3 Å². The maximum absolute atomic E-state index is 13.1. The fraction of sp³-hybridized carbons (Fsp3) is 0.261. The number of aliphatic hydroxyl groups excluding tert-OH is 2. The van der Waals surface area contributed by atoms with Crippen molar-refractivity contribution in [3.8, 4) is 22.9 Å². The van der Waals surface area contributed by atoms with Crippen LogP contribution >= 0.6 is 0 Å². The van der Waals surface area contributed by atoms with E-state index >= 15 is 0 Å². The van der Waals surface area contributed by atoms with E-state index < -0.39 is 30.5 Å². The summed E-state index contributed by atoms with van der Waals surface area (Å²) in [6.45, 7) is -0.306. The zero-order valence-corrected chi connectivity index (χ0v) is 18.2. The summed E-state index contributed by atoms with van der Waals surface area (Å²) < 4.78 is 50.2. The van der Waals surface area contributed by atoms with Gasteiger partial charge in [0, 0.05) is 11.6 Å². The highest BCUT2D eigenvalue weighted by atomic mass is 19.4. The van der Waals surface area contributed by atoms with Gasteiger partial charge in [-0.15, -0.1) is 0 Å². The van der Waals surface area contributed by atoms with E-state index in [0.717, 1.165) is 12.1 Å². The van der Waals surface area contributed by atoms with Crippen LogP contribution in [0.1, 0.15) is 5.56 Å². The first-order chi connectivity index (χ1) is 16.7. The van der Waals surface area contributed by atoms with E-state index in [2.05, 4.69) is 15.3 Å². The minimum Gasteiger partial charge on any atom is -0.488 e. The van der Waals surface area contributed by atoms with Crippen molar-refractivity contribution in [1.29, 1.82) is 0 Å². The number of nitrogens with one attached hydrogen (secondary N) is 1. The van der Waals surface area contributed by atoms with Gasteiger partial charge in [-0.3, -0.25) is 10.2 Å². The molecule has 0 fully saturated rings. The van der Waals surface area contributed by atoms with Crippen LogP contribution in [0.4, 0.5) is 29.6 Å². The van der Waals surface area contributed by atoms with Gasteiger partial charge >= 0.3 is 12.2 Å². The number of amides is 2. The number of hydrogen-bond donors (Lipinski definition) is 3. The predicted octanol–water partition coefficient (Wildman–Crippen LogP) is 3.33. The molecular weight excluding hydrogens is 469 g/mol. The van der Waals surface area contributed by atoms with Gasteiger partial charge in [0.2, 0.25) is 5.88 Å². The van der Waals surface area contributed by atoms with E-state index in [0.29, 0.717) is 5.75 Å². The standard InChI is InChI=1S/C23H21F3N4O5/c24-23(25,26)15-4-1-3-14(11-15)17-7-8-18-21(27-17)30(9-10-34-18)22(33)29-19-5-2-6-20(28-19)35-13-16(32)12-31/h1-8,11,16,31-32H,9-10,12-13H2,(H,28,29,33). The van der Waals surface area contributed by atoms with Crippen molar-refractivity contribution in [2.24, 2.45) is 0 Å². The second kappa shape index (κ2) is 10.2. The number of carbonyl (C=O) groups excluding carboxylic acids is 1. The second-order valence-electron chi connectivity index (χ2n) is 7.54. The summed E-state index contributed by atoms with van der Waals surface area (Å²) >= 11 is 0. The molecule has 0 spiro atoms. The molecule has 35 heavy (non-hydrogen) atoms. The molecule has 3 heterocycles. The highest BCUT2D eigenvalue weighted by Crippen LogP contribution is 2.35. The quantitative estimate of drug-likeness (QED) is 0.485. The Balaban J connectivity index is 1.55. The molecule has 1 atom stereocenters. The summed E-state index contributed by atoms with van der Waals surface area (Å²) in [7, 11) is 0. The Morgan fingerprint density at radius 3 is 2.74 bits per heavy atom. The van der Waals surface area contributed by atoms with Gasteiger partial charge in [-0.25, -0.2) is 9.78 Å². The fourth-order valence-electron chi connectivity index (χ4n) is 3.28. The number of anilines is 2. The third-order valence-electron chi connectivity index (χ3n) is 4.99. The summed E-state index contributed by atoms with van der Waals surface area (Å²) in [5.41, 5.74) is -0.320. The maximum Gasteiger partial charge on any atom is 0.416 e. The molecule has 184 valence electrons. The molecule has 2 amide bonds. The Morgan fingerprint density at radius 1 is 1.17 bits per heavy atom. The number of aliphatic hydroxyl groups is 2. The van der Waals surface area contributed by atoms with Gasteiger partial charge in [0.05, 0.1) is 24.4 Å². The Bertz CT molecular complexity index is 1210. The van der Waals surface area contributed by atoms with Crippen molar-refractivity contribution in [2.45, 2.75) is 12.3 Å². The van der Waals surface area contributed by atoms with Crippen LogP contribution in [0.5, 0.6) is 11.6 Å². The summed E-state index contributed by atoms with van der Waals surface area (Å²) in [5.74, 6) is 0.753. The van der Waals surface area contributed by atoms with Crippen molar-refractivity contribution in [2.75, 3.05) is 36.6 Å². The number of urea groups is 1. The van der Waals surface area contributed by atoms with Crippen LogP contribution in [0.3, 0.4) is 0 Å². The van der Waals surface area contributed by atoms with E-state index in [1.807, 2.05) is 0 Å².